The van der Waals surface area contributed by atoms with Gasteiger partial charge in [0.05, 0.1) is 11.0 Å². The van der Waals surface area contributed by atoms with Crippen LogP contribution in [0.4, 0.5) is 10.1 Å². The van der Waals surface area contributed by atoms with Gasteiger partial charge in [0.2, 0.25) is 0 Å². The third kappa shape index (κ3) is 3.71. The molecule has 1 aromatic rings. The molecule has 7 heteroatoms. The fourth-order valence-electron chi connectivity index (χ4n) is 2.20. The van der Waals surface area contributed by atoms with Crippen molar-refractivity contribution < 1.29 is 14.4 Å². The highest BCUT2D eigenvalue weighted by molar-refractivity contribution is 9.10. The van der Waals surface area contributed by atoms with Crippen molar-refractivity contribution in [1.82, 2.24) is 4.90 Å². The highest BCUT2D eigenvalue weighted by Gasteiger charge is 2.27. The monoisotopic (exact) mass is 332 g/mol. The number of rotatable bonds is 3. The summed E-state index contributed by atoms with van der Waals surface area (Å²) in [5, 5.41) is 20.3. The van der Waals surface area contributed by atoms with E-state index in [9.17, 15) is 19.6 Å². The average Bonchev–Trinajstić information content (AvgIpc) is 2.33. The van der Waals surface area contributed by atoms with E-state index in [2.05, 4.69) is 15.9 Å². The first kappa shape index (κ1) is 14.4. The number of hydrogen-bond donors (Lipinski definition) is 1. The van der Waals surface area contributed by atoms with E-state index in [1.807, 2.05) is 4.90 Å². The summed E-state index contributed by atoms with van der Waals surface area (Å²) in [4.78, 5) is 12.2. The van der Waals surface area contributed by atoms with E-state index < -0.39 is 17.2 Å². The molecule has 0 aromatic heterocycles. The Morgan fingerprint density at radius 3 is 2.89 bits per heavy atom. The molecule has 1 heterocycles. The maximum atomic E-state index is 13.1. The summed E-state index contributed by atoms with van der Waals surface area (Å²) >= 11 is 3.24. The molecule has 5 nitrogen and oxygen atoms in total. The van der Waals surface area contributed by atoms with Crippen molar-refractivity contribution in [3.63, 3.8) is 0 Å². The Morgan fingerprint density at radius 1 is 1.53 bits per heavy atom. The van der Waals surface area contributed by atoms with E-state index in [-0.39, 0.29) is 18.7 Å². The standard InChI is InChI=1S/C12H14BrFN2O3/c13-9-3-8(4-10(5-9)16(18)19)6-15-2-1-11(14)12(17)7-15/h3-5,11-12,17H,1-2,6-7H2/t11-,12-/m1/s1. The molecule has 0 spiro atoms. The molecule has 1 N–H and O–H groups in total. The summed E-state index contributed by atoms with van der Waals surface area (Å²) in [7, 11) is 0. The summed E-state index contributed by atoms with van der Waals surface area (Å²) in [5.74, 6) is 0. The predicted molar refractivity (Wildman–Crippen MR) is 71.6 cm³/mol. The van der Waals surface area contributed by atoms with Gasteiger partial charge in [0.15, 0.2) is 0 Å². The quantitative estimate of drug-likeness (QED) is 0.681. The summed E-state index contributed by atoms with van der Waals surface area (Å²) in [6.45, 7) is 1.25. The number of hydrogen-bond acceptors (Lipinski definition) is 4. The number of aliphatic hydroxyl groups excluding tert-OH is 1. The molecule has 1 saturated heterocycles. The third-order valence-electron chi connectivity index (χ3n) is 3.14. The molecular weight excluding hydrogens is 319 g/mol. The second-order valence-electron chi connectivity index (χ2n) is 4.68. The van der Waals surface area contributed by atoms with Gasteiger partial charge in [-0.05, 0) is 18.1 Å². The number of nitro benzene ring substituents is 1. The number of benzene rings is 1. The smallest absolute Gasteiger partial charge is 0.270 e. The third-order valence-corrected chi connectivity index (χ3v) is 3.60. The normalized spacial score (nSPS) is 24.4. The van der Waals surface area contributed by atoms with Gasteiger partial charge in [-0.2, -0.15) is 0 Å². The van der Waals surface area contributed by atoms with Crippen molar-refractivity contribution in [2.75, 3.05) is 13.1 Å². The van der Waals surface area contributed by atoms with Crippen LogP contribution in [0, 0.1) is 10.1 Å². The largest absolute Gasteiger partial charge is 0.389 e. The van der Waals surface area contributed by atoms with Gasteiger partial charge in [0, 0.05) is 36.2 Å². The van der Waals surface area contributed by atoms with Crippen LogP contribution in [0.2, 0.25) is 0 Å². The molecule has 2 atom stereocenters. The fraction of sp³-hybridized carbons (Fsp3) is 0.500. The molecule has 0 unspecified atom stereocenters. The second kappa shape index (κ2) is 5.94. The molecule has 0 bridgehead atoms. The van der Waals surface area contributed by atoms with Crippen molar-refractivity contribution in [2.24, 2.45) is 0 Å². The Balaban J connectivity index is 2.09. The molecule has 1 fully saturated rings. The Morgan fingerprint density at radius 2 is 2.26 bits per heavy atom. The number of nitrogens with zero attached hydrogens (tertiary/aromatic N) is 2. The molecule has 1 aliphatic rings. The van der Waals surface area contributed by atoms with Crippen LogP contribution >= 0.6 is 15.9 Å². The summed E-state index contributed by atoms with van der Waals surface area (Å²) in [6, 6.07) is 4.73. The van der Waals surface area contributed by atoms with Crippen molar-refractivity contribution in [3.8, 4) is 0 Å². The summed E-state index contributed by atoms with van der Waals surface area (Å²) in [6.07, 6.45) is -1.86. The zero-order valence-electron chi connectivity index (χ0n) is 10.1. The molecule has 19 heavy (non-hydrogen) atoms. The average molecular weight is 333 g/mol. The van der Waals surface area contributed by atoms with Crippen LogP contribution in [0.1, 0.15) is 12.0 Å². The Labute approximate surface area is 118 Å². The van der Waals surface area contributed by atoms with Crippen LogP contribution in [0.25, 0.3) is 0 Å². The first-order chi connectivity index (χ1) is 8.95. The maximum absolute atomic E-state index is 13.1. The van der Waals surface area contributed by atoms with E-state index >= 15 is 0 Å². The number of alkyl halides is 1. The number of β-amino-alcohol motifs (C(OH)–C–C–N with tert-alkyl or cyclic N) is 1. The van der Waals surface area contributed by atoms with Gasteiger partial charge in [0.25, 0.3) is 5.69 Å². The fourth-order valence-corrected chi connectivity index (χ4v) is 2.73. The SMILES string of the molecule is O=[N+]([O-])c1cc(Br)cc(CN2CC[C@@H](F)[C@H](O)C2)c1. The number of aliphatic hydroxyl groups is 1. The lowest BCUT2D eigenvalue weighted by atomic mass is 10.1. The van der Waals surface area contributed by atoms with Crippen molar-refractivity contribution in [1.29, 1.82) is 0 Å². The van der Waals surface area contributed by atoms with Gasteiger partial charge in [-0.3, -0.25) is 15.0 Å². The number of non-ortho nitro benzene ring substituents is 1. The van der Waals surface area contributed by atoms with Gasteiger partial charge in [0.1, 0.15) is 6.17 Å². The lowest BCUT2D eigenvalue weighted by Gasteiger charge is -2.32. The Hall–Kier alpha value is -1.05. The van der Waals surface area contributed by atoms with Crippen LogP contribution in [-0.4, -0.2) is 40.3 Å². The predicted octanol–water partition coefficient (Wildman–Crippen LogP) is 2.26. The number of piperidine rings is 1. The minimum atomic E-state index is -1.17. The molecular formula is C12H14BrFN2O3. The molecule has 0 amide bonds. The lowest BCUT2D eigenvalue weighted by molar-refractivity contribution is -0.385. The minimum Gasteiger partial charge on any atom is -0.389 e. The number of nitro groups is 1. The van der Waals surface area contributed by atoms with E-state index in [0.717, 1.165) is 5.56 Å². The van der Waals surface area contributed by atoms with Gasteiger partial charge in [-0.15, -0.1) is 0 Å². The van der Waals surface area contributed by atoms with E-state index in [0.29, 0.717) is 17.6 Å². The number of likely N-dealkylation sites (tertiary alicyclic amines) is 1. The summed E-state index contributed by atoms with van der Waals surface area (Å²) < 4.78 is 13.8. The van der Waals surface area contributed by atoms with Crippen molar-refractivity contribution in [3.05, 3.63) is 38.3 Å². The summed E-state index contributed by atoms with van der Waals surface area (Å²) in [5.41, 5.74) is 0.788. The van der Waals surface area contributed by atoms with Crippen molar-refractivity contribution in [2.45, 2.75) is 25.2 Å². The molecule has 2 rings (SSSR count). The van der Waals surface area contributed by atoms with Crippen LogP contribution in [0.5, 0.6) is 0 Å². The first-order valence-corrected chi connectivity index (χ1v) is 6.73. The zero-order valence-corrected chi connectivity index (χ0v) is 11.7. The van der Waals surface area contributed by atoms with Crippen LogP contribution in [0.3, 0.4) is 0 Å². The minimum absolute atomic E-state index is 0.0188. The maximum Gasteiger partial charge on any atom is 0.270 e. The van der Waals surface area contributed by atoms with Gasteiger partial charge >= 0.3 is 0 Å². The Bertz CT molecular complexity index is 486. The van der Waals surface area contributed by atoms with Crippen LogP contribution in [-0.2, 0) is 6.54 Å². The van der Waals surface area contributed by atoms with E-state index in [1.54, 1.807) is 6.07 Å². The molecule has 0 saturated carbocycles. The Kier molecular flexibility index (Phi) is 4.49. The van der Waals surface area contributed by atoms with Gasteiger partial charge in [-0.1, -0.05) is 15.9 Å². The topological polar surface area (TPSA) is 66.6 Å². The highest BCUT2D eigenvalue weighted by atomic mass is 79.9. The second-order valence-corrected chi connectivity index (χ2v) is 5.60. The zero-order chi connectivity index (χ0) is 14.0. The van der Waals surface area contributed by atoms with Crippen molar-refractivity contribution >= 4 is 21.6 Å². The van der Waals surface area contributed by atoms with Crippen LogP contribution < -0.4 is 0 Å². The molecule has 1 aliphatic heterocycles. The molecule has 1 aromatic carbocycles. The van der Waals surface area contributed by atoms with E-state index in [4.69, 9.17) is 0 Å². The van der Waals surface area contributed by atoms with Gasteiger partial charge < -0.3 is 5.11 Å². The number of halogens is 2. The van der Waals surface area contributed by atoms with Crippen LogP contribution in [0.15, 0.2) is 22.7 Å². The molecule has 0 radical (unpaired) electrons. The molecule has 0 aliphatic carbocycles. The van der Waals surface area contributed by atoms with Gasteiger partial charge in [-0.25, -0.2) is 4.39 Å². The lowest BCUT2D eigenvalue weighted by Crippen LogP contribution is -2.44. The molecule has 104 valence electrons. The first-order valence-electron chi connectivity index (χ1n) is 5.94. The van der Waals surface area contributed by atoms with E-state index in [1.165, 1.54) is 12.1 Å². The highest BCUT2D eigenvalue weighted by Crippen LogP contribution is 2.23.